The van der Waals surface area contributed by atoms with E-state index in [1.165, 1.54) is 12.1 Å². The summed E-state index contributed by atoms with van der Waals surface area (Å²) in [5.41, 5.74) is -3.34. The molecule has 4 rings (SSSR count). The highest BCUT2D eigenvalue weighted by Crippen LogP contribution is 2.44. The van der Waals surface area contributed by atoms with Gasteiger partial charge in [0, 0.05) is 10.9 Å². The number of fused-ring (bicyclic) bond motifs is 1. The maximum atomic E-state index is 13.4. The predicted octanol–water partition coefficient (Wildman–Crippen LogP) is 4.71. The summed E-state index contributed by atoms with van der Waals surface area (Å²) in [6, 6.07) is 4.80. The molecule has 5 nitrogen and oxygen atoms in total. The molecule has 0 saturated carbocycles. The molecule has 2 saturated heterocycles. The third kappa shape index (κ3) is 5.63. The SMILES string of the molecule is O=C(Cc1ccc(F)cc1)N=C1S[C@H]2CS(=O)(=O)C[C@@H]2N1c1cc(C(F)(F)F)cc(C(F)(F)F)c1. The summed E-state index contributed by atoms with van der Waals surface area (Å²) in [7, 11) is -3.61. The Labute approximate surface area is 198 Å². The van der Waals surface area contributed by atoms with Crippen molar-refractivity contribution in [3.63, 3.8) is 0 Å². The number of rotatable bonds is 3. The van der Waals surface area contributed by atoms with Crippen LogP contribution < -0.4 is 4.90 Å². The monoisotopic (exact) mass is 540 g/mol. The van der Waals surface area contributed by atoms with E-state index in [1.54, 1.807) is 0 Å². The van der Waals surface area contributed by atoms with E-state index in [0.717, 1.165) is 28.8 Å². The summed E-state index contributed by atoms with van der Waals surface area (Å²) in [4.78, 5) is 17.4. The van der Waals surface area contributed by atoms with Crippen molar-refractivity contribution in [1.82, 2.24) is 0 Å². The van der Waals surface area contributed by atoms with Crippen molar-refractivity contribution < 1.29 is 43.9 Å². The van der Waals surface area contributed by atoms with E-state index in [9.17, 15) is 43.9 Å². The second kappa shape index (κ2) is 8.80. The summed E-state index contributed by atoms with van der Waals surface area (Å²) in [5.74, 6) is -2.21. The van der Waals surface area contributed by atoms with Crippen LogP contribution >= 0.6 is 11.8 Å². The molecule has 0 aromatic heterocycles. The number of amides is 1. The molecule has 2 aliphatic heterocycles. The lowest BCUT2D eigenvalue weighted by atomic mass is 10.1. The molecule has 14 heteroatoms. The number of sulfone groups is 1. The van der Waals surface area contributed by atoms with Crippen LogP contribution in [0.3, 0.4) is 0 Å². The van der Waals surface area contributed by atoms with Gasteiger partial charge in [-0.25, -0.2) is 12.8 Å². The molecule has 0 N–H and O–H groups in total. The first kappa shape index (κ1) is 25.5. The van der Waals surface area contributed by atoms with E-state index >= 15 is 0 Å². The van der Waals surface area contributed by atoms with Crippen LogP contribution in [0.2, 0.25) is 0 Å². The molecule has 188 valence electrons. The fourth-order valence-electron chi connectivity index (χ4n) is 3.87. The predicted molar refractivity (Wildman–Crippen MR) is 115 cm³/mol. The Morgan fingerprint density at radius 1 is 0.971 bits per heavy atom. The third-order valence-electron chi connectivity index (χ3n) is 5.41. The Morgan fingerprint density at radius 3 is 2.09 bits per heavy atom. The van der Waals surface area contributed by atoms with E-state index in [4.69, 9.17) is 0 Å². The van der Waals surface area contributed by atoms with Crippen LogP contribution in [-0.2, 0) is 33.4 Å². The fraction of sp³-hybridized carbons (Fsp3) is 0.333. The van der Waals surface area contributed by atoms with Crippen molar-refractivity contribution >= 4 is 38.4 Å². The summed E-state index contributed by atoms with van der Waals surface area (Å²) in [5, 5.41) is -0.935. The maximum Gasteiger partial charge on any atom is 0.416 e. The van der Waals surface area contributed by atoms with Crippen LogP contribution in [0, 0.1) is 5.82 Å². The molecule has 2 aromatic rings. The van der Waals surface area contributed by atoms with Gasteiger partial charge >= 0.3 is 12.4 Å². The summed E-state index contributed by atoms with van der Waals surface area (Å²) in [6.07, 6.45) is -10.5. The molecule has 0 radical (unpaired) electrons. The van der Waals surface area contributed by atoms with Gasteiger partial charge in [-0.15, -0.1) is 0 Å². The van der Waals surface area contributed by atoms with Gasteiger partial charge in [0.1, 0.15) is 5.82 Å². The minimum Gasteiger partial charge on any atom is -0.316 e. The molecule has 0 spiro atoms. The quantitative estimate of drug-likeness (QED) is 0.528. The highest BCUT2D eigenvalue weighted by molar-refractivity contribution is 8.16. The van der Waals surface area contributed by atoms with E-state index in [0.29, 0.717) is 17.7 Å². The van der Waals surface area contributed by atoms with E-state index in [2.05, 4.69) is 4.99 Å². The number of halogens is 7. The van der Waals surface area contributed by atoms with Crippen molar-refractivity contribution in [1.29, 1.82) is 0 Å². The van der Waals surface area contributed by atoms with Gasteiger partial charge in [-0.3, -0.25) is 4.79 Å². The molecular formula is C21H15F7N2O3S2. The fourth-order valence-corrected chi connectivity index (χ4v) is 7.80. The lowest BCUT2D eigenvalue weighted by molar-refractivity contribution is -0.143. The molecule has 2 aliphatic rings. The highest BCUT2D eigenvalue weighted by atomic mass is 32.2. The first-order valence-electron chi connectivity index (χ1n) is 9.94. The Bertz CT molecular complexity index is 1260. The number of hydrogen-bond donors (Lipinski definition) is 0. The molecule has 0 bridgehead atoms. The number of aliphatic imine (C=N–C) groups is 1. The molecule has 2 atom stereocenters. The minimum absolute atomic E-state index is 0.0356. The number of nitrogens with zero attached hydrogens (tertiary/aromatic N) is 2. The van der Waals surface area contributed by atoms with Crippen molar-refractivity contribution in [2.24, 2.45) is 4.99 Å². The summed E-state index contributed by atoms with van der Waals surface area (Å²) < 4.78 is 118. The van der Waals surface area contributed by atoms with Crippen LogP contribution in [0.1, 0.15) is 16.7 Å². The van der Waals surface area contributed by atoms with Gasteiger partial charge in [0.2, 0.25) is 0 Å². The third-order valence-corrected chi connectivity index (χ3v) is 8.62. The number of carbonyl (C=O) groups excluding carboxylic acids is 1. The number of benzene rings is 2. The normalized spacial score (nSPS) is 23.1. The van der Waals surface area contributed by atoms with Crippen LogP contribution in [-0.4, -0.2) is 42.3 Å². The molecule has 2 heterocycles. The topological polar surface area (TPSA) is 66.8 Å². The van der Waals surface area contributed by atoms with Crippen molar-refractivity contribution in [2.45, 2.75) is 30.1 Å². The molecule has 2 fully saturated rings. The Hall–Kier alpha value is -2.61. The smallest absolute Gasteiger partial charge is 0.316 e. The molecular weight excluding hydrogens is 525 g/mol. The average molecular weight is 540 g/mol. The Kier molecular flexibility index (Phi) is 6.41. The van der Waals surface area contributed by atoms with Gasteiger partial charge in [-0.2, -0.15) is 31.3 Å². The zero-order valence-electron chi connectivity index (χ0n) is 17.4. The zero-order valence-corrected chi connectivity index (χ0v) is 19.0. The highest BCUT2D eigenvalue weighted by Gasteiger charge is 2.50. The minimum atomic E-state index is -5.11. The van der Waals surface area contributed by atoms with Crippen LogP contribution in [0.15, 0.2) is 47.5 Å². The lowest BCUT2D eigenvalue weighted by Crippen LogP contribution is -2.38. The van der Waals surface area contributed by atoms with Gasteiger partial charge in [0.15, 0.2) is 15.0 Å². The van der Waals surface area contributed by atoms with Crippen LogP contribution in [0.25, 0.3) is 0 Å². The largest absolute Gasteiger partial charge is 0.416 e. The van der Waals surface area contributed by atoms with Crippen molar-refractivity contribution in [2.75, 3.05) is 16.4 Å². The van der Waals surface area contributed by atoms with Crippen molar-refractivity contribution in [3.05, 3.63) is 65.0 Å². The van der Waals surface area contributed by atoms with E-state index in [-0.39, 0.29) is 23.4 Å². The van der Waals surface area contributed by atoms with Gasteiger partial charge in [-0.05, 0) is 35.9 Å². The number of carbonyl (C=O) groups is 1. The zero-order chi connectivity index (χ0) is 25.8. The standard InChI is InChI=1S/C21H15F7N2O3S2/c22-14-3-1-11(2-4-14)5-18(31)29-19-30(16-9-35(32,33)10-17(16)34-19)15-7-12(20(23,24)25)6-13(8-15)21(26,27)28/h1-4,6-8,16-17H,5,9-10H2/t16-,17-/m0/s1. The second-order valence-electron chi connectivity index (χ2n) is 8.03. The summed E-state index contributed by atoms with van der Waals surface area (Å²) >= 11 is 0.808. The van der Waals surface area contributed by atoms with E-state index in [1.807, 2.05) is 0 Å². The van der Waals surface area contributed by atoms with Crippen LogP contribution in [0.5, 0.6) is 0 Å². The second-order valence-corrected chi connectivity index (χ2v) is 11.4. The molecule has 1 amide bonds. The maximum absolute atomic E-state index is 13.4. The number of amidine groups is 1. The van der Waals surface area contributed by atoms with Crippen molar-refractivity contribution in [3.8, 4) is 0 Å². The first-order chi connectivity index (χ1) is 16.1. The Morgan fingerprint density at radius 2 is 1.54 bits per heavy atom. The molecule has 0 unspecified atom stereocenters. The van der Waals surface area contributed by atoms with Gasteiger partial charge < -0.3 is 4.90 Å². The molecule has 35 heavy (non-hydrogen) atoms. The number of hydrogen-bond acceptors (Lipinski definition) is 4. The number of alkyl halides is 6. The van der Waals surface area contributed by atoms with Gasteiger partial charge in [0.25, 0.3) is 5.91 Å². The Balaban J connectivity index is 1.77. The van der Waals surface area contributed by atoms with Gasteiger partial charge in [0.05, 0.1) is 35.1 Å². The van der Waals surface area contributed by atoms with Crippen LogP contribution in [0.4, 0.5) is 36.4 Å². The summed E-state index contributed by atoms with van der Waals surface area (Å²) in [6.45, 7) is 0. The molecule has 2 aromatic carbocycles. The van der Waals surface area contributed by atoms with E-state index < -0.39 is 67.8 Å². The molecule has 0 aliphatic carbocycles. The number of thioether (sulfide) groups is 1. The number of anilines is 1. The average Bonchev–Trinajstić information content (AvgIpc) is 3.18. The van der Waals surface area contributed by atoms with Gasteiger partial charge in [-0.1, -0.05) is 23.9 Å². The first-order valence-corrected chi connectivity index (χ1v) is 12.6. The lowest BCUT2D eigenvalue weighted by Gasteiger charge is -2.26.